The molecule has 2 aromatic carbocycles. The number of ether oxygens (including phenoxy) is 2. The number of carbonyl (C=O) groups is 1. The van der Waals surface area contributed by atoms with Crippen molar-refractivity contribution in [2.24, 2.45) is 0 Å². The van der Waals surface area contributed by atoms with Crippen LogP contribution >= 0.6 is 0 Å². The summed E-state index contributed by atoms with van der Waals surface area (Å²) in [5.74, 6) is -0.277. The summed E-state index contributed by atoms with van der Waals surface area (Å²) in [7, 11) is -3.49. The van der Waals surface area contributed by atoms with Crippen LogP contribution in [0.3, 0.4) is 0 Å². The van der Waals surface area contributed by atoms with E-state index in [4.69, 9.17) is 9.47 Å². The molecule has 0 saturated carbocycles. The maximum absolute atomic E-state index is 12.6. The van der Waals surface area contributed by atoms with Gasteiger partial charge in [0.25, 0.3) is 0 Å². The van der Waals surface area contributed by atoms with Crippen LogP contribution in [-0.2, 0) is 30.7 Å². The standard InChI is InChI=1S/C21H25NO5S/c1-17(19-5-3-2-4-6-19)27-21(23)12-9-18-7-10-20(11-8-18)28(24,25)22-13-15-26-16-14-22/h2-8,10-11,17H,9,12-16H2,1H3/t17-/m1/s1. The molecule has 0 bridgehead atoms. The molecule has 1 fully saturated rings. The van der Waals surface area contributed by atoms with Crippen LogP contribution in [0.25, 0.3) is 0 Å². The summed E-state index contributed by atoms with van der Waals surface area (Å²) in [4.78, 5) is 12.4. The van der Waals surface area contributed by atoms with E-state index in [1.165, 1.54) is 4.31 Å². The Morgan fingerprint density at radius 3 is 2.36 bits per heavy atom. The molecule has 1 atom stereocenters. The molecule has 0 N–H and O–H groups in total. The molecular formula is C21H25NO5S. The van der Waals surface area contributed by atoms with Gasteiger partial charge in [-0.3, -0.25) is 4.79 Å². The summed E-state index contributed by atoms with van der Waals surface area (Å²) in [6, 6.07) is 16.3. The van der Waals surface area contributed by atoms with Crippen molar-refractivity contribution in [1.29, 1.82) is 0 Å². The number of aryl methyl sites for hydroxylation is 1. The molecule has 0 spiro atoms. The van der Waals surface area contributed by atoms with Crippen molar-refractivity contribution in [3.05, 3.63) is 65.7 Å². The summed E-state index contributed by atoms with van der Waals surface area (Å²) >= 11 is 0. The maximum atomic E-state index is 12.6. The van der Waals surface area contributed by atoms with Gasteiger partial charge >= 0.3 is 5.97 Å². The summed E-state index contributed by atoms with van der Waals surface area (Å²) in [5.41, 5.74) is 1.85. The maximum Gasteiger partial charge on any atom is 0.306 e. The second-order valence-corrected chi connectivity index (χ2v) is 8.64. The minimum atomic E-state index is -3.49. The van der Waals surface area contributed by atoms with Crippen LogP contribution < -0.4 is 0 Å². The zero-order valence-electron chi connectivity index (χ0n) is 15.9. The van der Waals surface area contributed by atoms with Gasteiger partial charge in [-0.15, -0.1) is 0 Å². The zero-order chi connectivity index (χ0) is 20.0. The number of hydrogen-bond donors (Lipinski definition) is 0. The average molecular weight is 404 g/mol. The van der Waals surface area contributed by atoms with Crippen molar-refractivity contribution in [2.75, 3.05) is 26.3 Å². The third-order valence-corrected chi connectivity index (χ3v) is 6.64. The lowest BCUT2D eigenvalue weighted by atomic mass is 10.1. The second kappa shape index (κ2) is 9.32. The fraction of sp³-hybridized carbons (Fsp3) is 0.381. The number of esters is 1. The van der Waals surface area contributed by atoms with Crippen molar-refractivity contribution in [3.8, 4) is 0 Å². The Labute approximate surface area is 166 Å². The van der Waals surface area contributed by atoms with Crippen LogP contribution in [0.15, 0.2) is 59.5 Å². The molecule has 150 valence electrons. The highest BCUT2D eigenvalue weighted by atomic mass is 32.2. The topological polar surface area (TPSA) is 72.9 Å². The summed E-state index contributed by atoms with van der Waals surface area (Å²) in [6.45, 7) is 3.42. The fourth-order valence-electron chi connectivity index (χ4n) is 3.06. The molecule has 1 saturated heterocycles. The Morgan fingerprint density at radius 1 is 1.07 bits per heavy atom. The number of sulfonamides is 1. The van der Waals surface area contributed by atoms with E-state index in [0.717, 1.165) is 11.1 Å². The number of morpholine rings is 1. The van der Waals surface area contributed by atoms with E-state index in [1.54, 1.807) is 24.3 Å². The number of hydrogen-bond acceptors (Lipinski definition) is 5. The van der Waals surface area contributed by atoms with Gasteiger partial charge in [-0.05, 0) is 36.6 Å². The molecule has 0 amide bonds. The van der Waals surface area contributed by atoms with Crippen LogP contribution in [-0.4, -0.2) is 45.0 Å². The third kappa shape index (κ3) is 5.19. The van der Waals surface area contributed by atoms with Gasteiger partial charge in [0.05, 0.1) is 18.1 Å². The molecule has 7 heteroatoms. The quantitative estimate of drug-likeness (QED) is 0.665. The normalized spacial score (nSPS) is 16.5. The lowest BCUT2D eigenvalue weighted by Crippen LogP contribution is -2.40. The largest absolute Gasteiger partial charge is 0.458 e. The molecule has 0 unspecified atom stereocenters. The number of nitrogens with zero attached hydrogens (tertiary/aromatic N) is 1. The van der Waals surface area contributed by atoms with Crippen molar-refractivity contribution in [2.45, 2.75) is 30.8 Å². The van der Waals surface area contributed by atoms with E-state index in [2.05, 4.69) is 0 Å². The lowest BCUT2D eigenvalue weighted by Gasteiger charge is -2.26. The van der Waals surface area contributed by atoms with E-state index in [9.17, 15) is 13.2 Å². The van der Waals surface area contributed by atoms with Gasteiger partial charge in [0.2, 0.25) is 10.0 Å². The summed E-state index contributed by atoms with van der Waals surface area (Å²) < 4.78 is 37.3. The smallest absolute Gasteiger partial charge is 0.306 e. The highest BCUT2D eigenvalue weighted by molar-refractivity contribution is 7.89. The van der Waals surface area contributed by atoms with Crippen LogP contribution in [0.1, 0.15) is 30.6 Å². The van der Waals surface area contributed by atoms with E-state index in [-0.39, 0.29) is 23.4 Å². The molecule has 1 heterocycles. The number of benzene rings is 2. The van der Waals surface area contributed by atoms with E-state index < -0.39 is 10.0 Å². The minimum Gasteiger partial charge on any atom is -0.458 e. The average Bonchev–Trinajstić information content (AvgIpc) is 2.74. The molecule has 3 rings (SSSR count). The van der Waals surface area contributed by atoms with Crippen LogP contribution in [0.4, 0.5) is 0 Å². The fourth-order valence-corrected chi connectivity index (χ4v) is 4.47. The summed E-state index contributed by atoms with van der Waals surface area (Å²) in [6.07, 6.45) is 0.444. The molecule has 2 aromatic rings. The molecule has 28 heavy (non-hydrogen) atoms. The first kappa shape index (κ1) is 20.5. The Balaban J connectivity index is 1.53. The van der Waals surface area contributed by atoms with Crippen LogP contribution in [0, 0.1) is 0 Å². The first-order chi connectivity index (χ1) is 13.5. The van der Waals surface area contributed by atoms with Crippen molar-refractivity contribution in [3.63, 3.8) is 0 Å². The van der Waals surface area contributed by atoms with Gasteiger partial charge in [0.15, 0.2) is 0 Å². The Hall–Kier alpha value is -2.22. The second-order valence-electron chi connectivity index (χ2n) is 6.70. The van der Waals surface area contributed by atoms with E-state index >= 15 is 0 Å². The molecule has 6 nitrogen and oxygen atoms in total. The molecule has 0 aromatic heterocycles. The third-order valence-electron chi connectivity index (χ3n) is 4.73. The number of rotatable bonds is 7. The molecule has 0 radical (unpaired) electrons. The van der Waals surface area contributed by atoms with Gasteiger partial charge in [0.1, 0.15) is 6.10 Å². The van der Waals surface area contributed by atoms with Crippen molar-refractivity contribution < 1.29 is 22.7 Å². The molecular weight excluding hydrogens is 378 g/mol. The van der Waals surface area contributed by atoms with Gasteiger partial charge in [-0.2, -0.15) is 4.31 Å². The monoisotopic (exact) mass is 403 g/mol. The van der Waals surface area contributed by atoms with Gasteiger partial charge in [-0.1, -0.05) is 42.5 Å². The van der Waals surface area contributed by atoms with Crippen molar-refractivity contribution in [1.82, 2.24) is 4.31 Å². The summed E-state index contributed by atoms with van der Waals surface area (Å²) in [5, 5.41) is 0. The van der Waals surface area contributed by atoms with E-state index in [1.807, 2.05) is 37.3 Å². The van der Waals surface area contributed by atoms with Gasteiger partial charge in [-0.25, -0.2) is 8.42 Å². The zero-order valence-corrected chi connectivity index (χ0v) is 16.7. The van der Waals surface area contributed by atoms with Crippen LogP contribution in [0.5, 0.6) is 0 Å². The highest BCUT2D eigenvalue weighted by Crippen LogP contribution is 2.20. The first-order valence-corrected chi connectivity index (χ1v) is 10.8. The Kier molecular flexibility index (Phi) is 6.83. The van der Waals surface area contributed by atoms with Crippen LogP contribution in [0.2, 0.25) is 0 Å². The molecule has 0 aliphatic carbocycles. The number of carbonyl (C=O) groups excluding carboxylic acids is 1. The minimum absolute atomic E-state index is 0.243. The predicted molar refractivity (Wildman–Crippen MR) is 105 cm³/mol. The molecule has 1 aliphatic rings. The lowest BCUT2D eigenvalue weighted by molar-refractivity contribution is -0.148. The Morgan fingerprint density at radius 2 is 1.71 bits per heavy atom. The van der Waals surface area contributed by atoms with Gasteiger partial charge in [0, 0.05) is 19.5 Å². The highest BCUT2D eigenvalue weighted by Gasteiger charge is 2.26. The van der Waals surface area contributed by atoms with Gasteiger partial charge < -0.3 is 9.47 Å². The Bertz CT molecular complexity index is 875. The first-order valence-electron chi connectivity index (χ1n) is 9.38. The SMILES string of the molecule is C[C@@H](OC(=O)CCc1ccc(S(=O)(=O)N2CCOCC2)cc1)c1ccccc1. The molecule has 1 aliphatic heterocycles. The van der Waals surface area contributed by atoms with E-state index in [0.29, 0.717) is 32.7 Å². The van der Waals surface area contributed by atoms with Crippen molar-refractivity contribution >= 4 is 16.0 Å². The predicted octanol–water partition coefficient (Wildman–Crippen LogP) is 2.94.